The lowest BCUT2D eigenvalue weighted by atomic mass is 10.2. The van der Waals surface area contributed by atoms with Gasteiger partial charge in [-0.3, -0.25) is 0 Å². The minimum Gasteiger partial charge on any atom is -0.396 e. The van der Waals surface area contributed by atoms with Crippen LogP contribution in [0, 0.1) is 23.5 Å². The van der Waals surface area contributed by atoms with Crippen molar-refractivity contribution in [2.75, 3.05) is 11.6 Å². The Morgan fingerprint density at radius 2 is 2.00 bits per heavy atom. The molecule has 0 unspecified atom stereocenters. The van der Waals surface area contributed by atoms with Crippen LogP contribution < -0.4 is 5.73 Å². The van der Waals surface area contributed by atoms with Crippen molar-refractivity contribution >= 4 is 17.3 Å². The topological polar surface area (TPSA) is 26.0 Å². The molecule has 0 aliphatic heterocycles. The van der Waals surface area contributed by atoms with Gasteiger partial charge < -0.3 is 5.73 Å². The fourth-order valence-corrected chi connectivity index (χ4v) is 0.957. The molecule has 1 nitrogen and oxygen atoms in total. The quantitative estimate of drug-likeness (QED) is 0.435. The number of rotatable bonds is 1. The van der Waals surface area contributed by atoms with E-state index < -0.39 is 11.6 Å². The minimum absolute atomic E-state index is 0.00168. The summed E-state index contributed by atoms with van der Waals surface area (Å²) >= 11 is 5.37. The van der Waals surface area contributed by atoms with Gasteiger partial charge >= 0.3 is 0 Å². The molecule has 1 rings (SSSR count). The van der Waals surface area contributed by atoms with E-state index in [9.17, 15) is 8.78 Å². The van der Waals surface area contributed by atoms with Gasteiger partial charge in [-0.15, -0.1) is 11.6 Å². The Kier molecular flexibility index (Phi) is 3.73. The molecule has 0 saturated carbocycles. The average molecular weight is 216 g/mol. The van der Waals surface area contributed by atoms with Gasteiger partial charge in [-0.1, -0.05) is 11.8 Å². The van der Waals surface area contributed by atoms with E-state index in [1.807, 2.05) is 0 Å². The third kappa shape index (κ3) is 2.61. The summed E-state index contributed by atoms with van der Waals surface area (Å²) in [6, 6.07) is 1.89. The lowest BCUT2D eigenvalue weighted by Gasteiger charge is -1.98. The van der Waals surface area contributed by atoms with Crippen molar-refractivity contribution in [1.82, 2.24) is 0 Å². The molecule has 1 aromatic carbocycles. The Bertz CT molecular complexity index is 393. The highest BCUT2D eigenvalue weighted by Gasteiger charge is 2.04. The number of hydrogen-bond acceptors (Lipinski definition) is 1. The van der Waals surface area contributed by atoms with E-state index >= 15 is 0 Å². The summed E-state index contributed by atoms with van der Waals surface area (Å²) in [5.74, 6) is 4.17. The van der Waals surface area contributed by atoms with Gasteiger partial charge in [0.15, 0.2) is 0 Å². The predicted molar refractivity (Wildman–Crippen MR) is 53.0 cm³/mol. The zero-order chi connectivity index (χ0) is 10.6. The molecule has 74 valence electrons. The van der Waals surface area contributed by atoms with Crippen LogP contribution in [0.3, 0.4) is 0 Å². The molecule has 0 amide bonds. The molecule has 0 aromatic heterocycles. The number of hydrogen-bond donors (Lipinski definition) is 1. The van der Waals surface area contributed by atoms with Gasteiger partial charge in [0.2, 0.25) is 0 Å². The maximum Gasteiger partial charge on any atom is 0.147 e. The van der Waals surface area contributed by atoms with Crippen LogP contribution >= 0.6 is 11.6 Å². The summed E-state index contributed by atoms with van der Waals surface area (Å²) < 4.78 is 26.0. The average Bonchev–Trinajstić information content (AvgIpc) is 2.14. The zero-order valence-electron chi connectivity index (χ0n) is 7.28. The van der Waals surface area contributed by atoms with Crippen molar-refractivity contribution in [3.63, 3.8) is 0 Å². The fourth-order valence-electron chi connectivity index (χ4n) is 0.863. The van der Waals surface area contributed by atoms with Crippen LogP contribution in [-0.2, 0) is 0 Å². The smallest absolute Gasteiger partial charge is 0.147 e. The van der Waals surface area contributed by atoms with E-state index in [0.717, 1.165) is 12.1 Å². The Hall–Kier alpha value is -1.27. The van der Waals surface area contributed by atoms with Crippen molar-refractivity contribution in [2.45, 2.75) is 6.42 Å². The monoisotopic (exact) mass is 215 g/mol. The van der Waals surface area contributed by atoms with Crippen LogP contribution in [0.25, 0.3) is 0 Å². The lowest BCUT2D eigenvalue weighted by molar-refractivity contribution is 0.601. The Morgan fingerprint density at radius 3 is 2.64 bits per heavy atom. The summed E-state index contributed by atoms with van der Waals surface area (Å²) in [6.45, 7) is 0. The van der Waals surface area contributed by atoms with Gasteiger partial charge in [0.1, 0.15) is 11.6 Å². The molecule has 0 spiro atoms. The molecule has 0 heterocycles. The minimum atomic E-state index is -0.665. The van der Waals surface area contributed by atoms with E-state index in [2.05, 4.69) is 11.8 Å². The van der Waals surface area contributed by atoms with E-state index in [-0.39, 0.29) is 11.3 Å². The van der Waals surface area contributed by atoms with Crippen LogP contribution in [0.2, 0.25) is 0 Å². The Morgan fingerprint density at radius 1 is 1.29 bits per heavy atom. The number of benzene rings is 1. The van der Waals surface area contributed by atoms with Gasteiger partial charge in [-0.05, 0) is 6.07 Å². The second kappa shape index (κ2) is 4.83. The molecule has 0 bridgehead atoms. The first-order chi connectivity index (χ1) is 6.65. The third-order valence-corrected chi connectivity index (χ3v) is 1.72. The number of nitrogen functional groups attached to an aromatic ring is 1. The summed E-state index contributed by atoms with van der Waals surface area (Å²) in [5.41, 5.74) is 4.94. The maximum absolute atomic E-state index is 13.1. The second-order valence-electron chi connectivity index (χ2n) is 2.59. The van der Waals surface area contributed by atoms with Crippen LogP contribution in [-0.4, -0.2) is 5.88 Å². The summed E-state index contributed by atoms with van der Waals surface area (Å²) in [6.07, 6.45) is 0.437. The second-order valence-corrected chi connectivity index (χ2v) is 2.97. The standard InChI is InChI=1S/C10H8ClF2N/c11-4-2-1-3-7-5-9(13)10(14)6-8(7)12/h5-6H,2,4,14H2. The van der Waals surface area contributed by atoms with E-state index in [4.69, 9.17) is 17.3 Å². The highest BCUT2D eigenvalue weighted by Crippen LogP contribution is 2.15. The van der Waals surface area contributed by atoms with E-state index in [1.54, 1.807) is 0 Å². The first kappa shape index (κ1) is 10.8. The Balaban J connectivity index is 3.00. The molecule has 2 N–H and O–H groups in total. The molecule has 4 heteroatoms. The van der Waals surface area contributed by atoms with Crippen molar-refractivity contribution in [1.29, 1.82) is 0 Å². The molecule has 0 saturated heterocycles. The van der Waals surface area contributed by atoms with Gasteiger partial charge in [-0.25, -0.2) is 8.78 Å². The normalized spacial score (nSPS) is 9.36. The van der Waals surface area contributed by atoms with Gasteiger partial charge in [0.05, 0.1) is 11.3 Å². The number of halogens is 3. The van der Waals surface area contributed by atoms with Crippen molar-refractivity contribution < 1.29 is 8.78 Å². The first-order valence-electron chi connectivity index (χ1n) is 3.94. The van der Waals surface area contributed by atoms with Crippen LogP contribution in [0.5, 0.6) is 0 Å². The van der Waals surface area contributed by atoms with Crippen molar-refractivity contribution in [3.05, 3.63) is 29.3 Å². The van der Waals surface area contributed by atoms with E-state index in [1.165, 1.54) is 0 Å². The first-order valence-corrected chi connectivity index (χ1v) is 4.48. The molecule has 14 heavy (non-hydrogen) atoms. The number of alkyl halides is 1. The van der Waals surface area contributed by atoms with Gasteiger partial charge in [-0.2, -0.15) is 0 Å². The molecule has 0 fully saturated rings. The van der Waals surface area contributed by atoms with Crippen molar-refractivity contribution in [3.8, 4) is 11.8 Å². The summed E-state index contributed by atoms with van der Waals surface area (Å²) in [4.78, 5) is 0. The van der Waals surface area contributed by atoms with E-state index in [0.29, 0.717) is 12.3 Å². The maximum atomic E-state index is 13.1. The van der Waals surface area contributed by atoms with Crippen LogP contribution in [0.1, 0.15) is 12.0 Å². The fraction of sp³-hybridized carbons (Fsp3) is 0.200. The highest BCUT2D eigenvalue weighted by molar-refractivity contribution is 6.18. The zero-order valence-corrected chi connectivity index (χ0v) is 8.04. The van der Waals surface area contributed by atoms with Gasteiger partial charge in [0, 0.05) is 18.4 Å². The third-order valence-electron chi connectivity index (χ3n) is 1.53. The molecule has 0 aliphatic rings. The van der Waals surface area contributed by atoms with Crippen LogP contribution in [0.4, 0.5) is 14.5 Å². The van der Waals surface area contributed by atoms with Crippen molar-refractivity contribution in [2.24, 2.45) is 0 Å². The number of anilines is 1. The number of nitrogens with two attached hydrogens (primary N) is 1. The molecule has 0 radical (unpaired) electrons. The van der Waals surface area contributed by atoms with Gasteiger partial charge in [0.25, 0.3) is 0 Å². The molecule has 0 aliphatic carbocycles. The summed E-state index contributed by atoms with van der Waals surface area (Å²) in [5, 5.41) is 0. The van der Waals surface area contributed by atoms with Crippen LogP contribution in [0.15, 0.2) is 12.1 Å². The SMILES string of the molecule is Nc1cc(F)c(C#CCCCl)cc1F. The lowest BCUT2D eigenvalue weighted by Crippen LogP contribution is -1.94. The molecular weight excluding hydrogens is 208 g/mol. The largest absolute Gasteiger partial charge is 0.396 e. The summed E-state index contributed by atoms with van der Waals surface area (Å²) in [7, 11) is 0. The highest BCUT2D eigenvalue weighted by atomic mass is 35.5. The molecular formula is C10H8ClF2N. The molecule has 0 atom stereocenters. The molecule has 1 aromatic rings. The predicted octanol–water partition coefficient (Wildman–Crippen LogP) is 2.53. The Labute approximate surface area is 85.9 Å².